The van der Waals surface area contributed by atoms with Crippen molar-refractivity contribution in [1.82, 2.24) is 0 Å². The summed E-state index contributed by atoms with van der Waals surface area (Å²) >= 11 is 0. The predicted molar refractivity (Wildman–Crippen MR) is 186 cm³/mol. The Bertz CT molecular complexity index is 1530. The largest absolute Gasteiger partial charge is 0.423 e. The molecule has 0 unspecified atom stereocenters. The van der Waals surface area contributed by atoms with Crippen LogP contribution < -0.4 is 9.47 Å². The number of hydrogen-bond acceptors (Lipinski definition) is 4. The molecule has 234 valence electrons. The van der Waals surface area contributed by atoms with Gasteiger partial charge in [-0.2, -0.15) is 0 Å². The van der Waals surface area contributed by atoms with Gasteiger partial charge in [-0.25, -0.2) is 9.59 Å². The molecule has 0 fully saturated rings. The molecule has 0 aliphatic heterocycles. The lowest BCUT2D eigenvalue weighted by Gasteiger charge is -2.08. The van der Waals surface area contributed by atoms with E-state index in [-0.39, 0.29) is 0 Å². The maximum Gasteiger partial charge on any atom is 0.343 e. The second-order valence-electron chi connectivity index (χ2n) is 11.2. The Labute approximate surface area is 274 Å². The van der Waals surface area contributed by atoms with Gasteiger partial charge in [0.2, 0.25) is 0 Å². The summed E-state index contributed by atoms with van der Waals surface area (Å²) in [4.78, 5) is 25.3. The first kappa shape index (κ1) is 33.8. The van der Waals surface area contributed by atoms with Crippen molar-refractivity contribution >= 4 is 11.9 Å². The molecule has 4 nitrogen and oxygen atoms in total. The van der Waals surface area contributed by atoms with E-state index in [4.69, 9.17) is 9.47 Å². The van der Waals surface area contributed by atoms with Gasteiger partial charge in [-0.05, 0) is 96.8 Å². The van der Waals surface area contributed by atoms with Crippen molar-refractivity contribution in [3.05, 3.63) is 119 Å². The molecule has 4 aromatic carbocycles. The SMILES string of the molecule is CCCCCCC#Cc1ccc(C(=O)Oc2ccc(-c3ccc(OC(=O)c4ccc(C#CCCCCCC)cc4)cc3)cc2)cc1. The summed E-state index contributed by atoms with van der Waals surface area (Å²) in [6, 6.07) is 29.0. The van der Waals surface area contributed by atoms with Crippen LogP contribution in [0.15, 0.2) is 97.1 Å². The summed E-state index contributed by atoms with van der Waals surface area (Å²) in [7, 11) is 0. The number of benzene rings is 4. The van der Waals surface area contributed by atoms with E-state index in [0.717, 1.165) is 47.9 Å². The first-order valence-electron chi connectivity index (χ1n) is 16.4. The highest BCUT2D eigenvalue weighted by molar-refractivity contribution is 5.92. The minimum absolute atomic E-state index is 0.418. The highest BCUT2D eigenvalue weighted by atomic mass is 16.5. The van der Waals surface area contributed by atoms with Gasteiger partial charge < -0.3 is 9.47 Å². The topological polar surface area (TPSA) is 52.6 Å². The van der Waals surface area contributed by atoms with Gasteiger partial charge >= 0.3 is 11.9 Å². The molecule has 4 rings (SSSR count). The maximum absolute atomic E-state index is 12.7. The molecule has 0 amide bonds. The van der Waals surface area contributed by atoms with Crippen LogP contribution in [0, 0.1) is 23.7 Å². The van der Waals surface area contributed by atoms with Crippen LogP contribution in [0.2, 0.25) is 0 Å². The van der Waals surface area contributed by atoms with Gasteiger partial charge in [0.1, 0.15) is 11.5 Å². The van der Waals surface area contributed by atoms with Crippen LogP contribution >= 0.6 is 0 Å². The van der Waals surface area contributed by atoms with Crippen LogP contribution in [-0.2, 0) is 0 Å². The molecule has 0 aliphatic rings. The van der Waals surface area contributed by atoms with Crippen LogP contribution in [-0.4, -0.2) is 11.9 Å². The third-order valence-corrected chi connectivity index (χ3v) is 7.48. The second-order valence-corrected chi connectivity index (χ2v) is 11.2. The fourth-order valence-corrected chi connectivity index (χ4v) is 4.75. The van der Waals surface area contributed by atoms with E-state index in [1.807, 2.05) is 48.5 Å². The summed E-state index contributed by atoms with van der Waals surface area (Å²) in [5, 5.41) is 0. The molecule has 0 heterocycles. The molecule has 46 heavy (non-hydrogen) atoms. The van der Waals surface area contributed by atoms with E-state index >= 15 is 0 Å². The van der Waals surface area contributed by atoms with Crippen LogP contribution in [0.4, 0.5) is 0 Å². The monoisotopic (exact) mass is 610 g/mol. The van der Waals surface area contributed by atoms with Gasteiger partial charge in [0.05, 0.1) is 11.1 Å². The number of ether oxygens (including phenoxy) is 2. The summed E-state index contributed by atoms with van der Waals surface area (Å²) in [6.45, 7) is 4.40. The molecule has 4 aromatic rings. The first-order valence-corrected chi connectivity index (χ1v) is 16.4. The van der Waals surface area contributed by atoms with Crippen LogP contribution in [0.5, 0.6) is 11.5 Å². The first-order chi connectivity index (χ1) is 22.6. The Balaban J connectivity index is 1.25. The van der Waals surface area contributed by atoms with Crippen molar-refractivity contribution < 1.29 is 19.1 Å². The lowest BCUT2D eigenvalue weighted by atomic mass is 10.1. The third-order valence-electron chi connectivity index (χ3n) is 7.48. The Kier molecular flexibility index (Phi) is 13.7. The number of carbonyl (C=O) groups excluding carboxylic acids is 2. The molecule has 0 N–H and O–H groups in total. The van der Waals surface area contributed by atoms with E-state index < -0.39 is 11.9 Å². The average Bonchev–Trinajstić information content (AvgIpc) is 3.09. The average molecular weight is 611 g/mol. The molecule has 0 bridgehead atoms. The lowest BCUT2D eigenvalue weighted by molar-refractivity contribution is 0.0725. The van der Waals surface area contributed by atoms with Gasteiger partial charge in [0.25, 0.3) is 0 Å². The van der Waals surface area contributed by atoms with Crippen molar-refractivity contribution in [2.24, 2.45) is 0 Å². The van der Waals surface area contributed by atoms with Gasteiger partial charge in [0, 0.05) is 24.0 Å². The fourth-order valence-electron chi connectivity index (χ4n) is 4.75. The lowest BCUT2D eigenvalue weighted by Crippen LogP contribution is -2.08. The van der Waals surface area contributed by atoms with Crippen molar-refractivity contribution in [2.45, 2.75) is 78.1 Å². The molecule has 0 saturated heterocycles. The Morgan fingerprint density at radius 2 is 0.848 bits per heavy atom. The van der Waals surface area contributed by atoms with E-state index in [1.165, 1.54) is 38.5 Å². The van der Waals surface area contributed by atoms with Gasteiger partial charge in [-0.15, -0.1) is 0 Å². The Morgan fingerprint density at radius 1 is 0.478 bits per heavy atom. The second kappa shape index (κ2) is 18.7. The standard InChI is InChI=1S/C42H42O4/c1-3-5-7-9-11-13-15-33-17-21-37(22-18-33)41(43)45-39-29-25-35(26-30-39)36-27-31-40(32-28-36)46-42(44)38-23-19-34(20-24-38)16-14-12-10-8-6-4-2/h17-32H,3-12H2,1-2H3. The van der Waals surface area contributed by atoms with E-state index in [9.17, 15) is 9.59 Å². The summed E-state index contributed by atoms with van der Waals surface area (Å²) in [5.74, 6) is 12.8. The zero-order chi connectivity index (χ0) is 32.4. The van der Waals surface area contributed by atoms with E-state index in [2.05, 4.69) is 37.5 Å². The number of unbranched alkanes of at least 4 members (excludes halogenated alkanes) is 8. The molecular weight excluding hydrogens is 568 g/mol. The van der Waals surface area contributed by atoms with Crippen molar-refractivity contribution in [2.75, 3.05) is 0 Å². The number of esters is 2. The van der Waals surface area contributed by atoms with Crippen LogP contribution in [0.3, 0.4) is 0 Å². The Morgan fingerprint density at radius 3 is 1.20 bits per heavy atom. The molecule has 0 saturated carbocycles. The molecule has 0 spiro atoms. The Hall–Kier alpha value is -5.06. The normalized spacial score (nSPS) is 10.2. The van der Waals surface area contributed by atoms with Crippen molar-refractivity contribution in [3.8, 4) is 46.3 Å². The van der Waals surface area contributed by atoms with Crippen molar-refractivity contribution in [3.63, 3.8) is 0 Å². The number of hydrogen-bond donors (Lipinski definition) is 0. The van der Waals surface area contributed by atoms with E-state index in [0.29, 0.717) is 22.6 Å². The third kappa shape index (κ3) is 11.1. The van der Waals surface area contributed by atoms with Crippen molar-refractivity contribution in [1.29, 1.82) is 0 Å². The molecule has 0 atom stereocenters. The summed E-state index contributed by atoms with van der Waals surface area (Å²) in [6.07, 6.45) is 11.4. The fraction of sp³-hybridized carbons (Fsp3) is 0.286. The summed E-state index contributed by atoms with van der Waals surface area (Å²) < 4.78 is 11.2. The highest BCUT2D eigenvalue weighted by Gasteiger charge is 2.11. The smallest absolute Gasteiger partial charge is 0.343 e. The minimum atomic E-state index is -0.418. The molecule has 0 aliphatic carbocycles. The zero-order valence-electron chi connectivity index (χ0n) is 26.9. The highest BCUT2D eigenvalue weighted by Crippen LogP contribution is 2.25. The van der Waals surface area contributed by atoms with Gasteiger partial charge in [-0.1, -0.05) is 100 Å². The molecule has 0 radical (unpaired) electrons. The molecule has 4 heteroatoms. The maximum atomic E-state index is 12.7. The minimum Gasteiger partial charge on any atom is -0.423 e. The summed E-state index contributed by atoms with van der Waals surface area (Å²) in [5.41, 5.74) is 4.61. The number of rotatable bonds is 13. The quantitative estimate of drug-likeness (QED) is 0.0654. The zero-order valence-corrected chi connectivity index (χ0v) is 26.9. The van der Waals surface area contributed by atoms with Crippen LogP contribution in [0.25, 0.3) is 11.1 Å². The predicted octanol–water partition coefficient (Wildman–Crippen LogP) is 10.4. The molecule has 0 aromatic heterocycles. The molecular formula is C42H42O4. The van der Waals surface area contributed by atoms with Gasteiger partial charge in [0.15, 0.2) is 0 Å². The van der Waals surface area contributed by atoms with E-state index in [1.54, 1.807) is 48.5 Å². The van der Waals surface area contributed by atoms with Gasteiger partial charge in [-0.3, -0.25) is 0 Å². The van der Waals surface area contributed by atoms with Crippen LogP contribution in [0.1, 0.15) is 110 Å². The number of carbonyl (C=O) groups is 2.